The fraction of sp³-hybridized carbons (Fsp3) is 0.389. The van der Waals surface area contributed by atoms with E-state index in [1.165, 1.54) is 0 Å². The predicted molar refractivity (Wildman–Crippen MR) is 91.8 cm³/mol. The van der Waals surface area contributed by atoms with Crippen LogP contribution in [0.4, 0.5) is 5.82 Å². The number of carbonyl (C=O) groups is 1. The zero-order valence-corrected chi connectivity index (χ0v) is 14.0. The molecule has 1 aliphatic rings. The monoisotopic (exact) mass is 323 g/mol. The third-order valence-corrected chi connectivity index (χ3v) is 4.67. The number of nitrogens with zero attached hydrogens (tertiary/aromatic N) is 4. The number of amides is 1. The molecule has 6 heteroatoms. The lowest BCUT2D eigenvalue weighted by molar-refractivity contribution is 0.0930. The van der Waals surface area contributed by atoms with Gasteiger partial charge in [-0.15, -0.1) is 0 Å². The zero-order valence-electron chi connectivity index (χ0n) is 14.0. The summed E-state index contributed by atoms with van der Waals surface area (Å²) in [4.78, 5) is 18.9. The summed E-state index contributed by atoms with van der Waals surface area (Å²) in [6.07, 6.45) is 5.30. The van der Waals surface area contributed by atoms with E-state index in [4.69, 9.17) is 0 Å². The van der Waals surface area contributed by atoms with E-state index in [0.29, 0.717) is 5.56 Å². The molecule has 0 saturated carbocycles. The summed E-state index contributed by atoms with van der Waals surface area (Å²) >= 11 is 0. The SMILES string of the molecule is Cc1c(C(=O)NC2CCN(c3ncccc3C#N)CC2)ccn1C. The molecule has 0 aliphatic carbocycles. The molecule has 1 aliphatic heterocycles. The van der Waals surface area contributed by atoms with Crippen LogP contribution in [0.25, 0.3) is 0 Å². The van der Waals surface area contributed by atoms with Crippen molar-refractivity contribution in [3.8, 4) is 6.07 Å². The standard InChI is InChI=1S/C18H21N5O/c1-13-16(7-9-22(13)2)18(24)21-15-5-10-23(11-6-15)17-14(12-19)4-3-8-20-17/h3-4,7-9,15H,5-6,10-11H2,1-2H3,(H,21,24). The van der Waals surface area contributed by atoms with E-state index in [-0.39, 0.29) is 11.9 Å². The number of aryl methyl sites for hydroxylation is 1. The van der Waals surface area contributed by atoms with E-state index in [0.717, 1.165) is 43.0 Å². The molecule has 2 aromatic rings. The topological polar surface area (TPSA) is 74.0 Å². The number of anilines is 1. The van der Waals surface area contributed by atoms with E-state index >= 15 is 0 Å². The summed E-state index contributed by atoms with van der Waals surface area (Å²) in [7, 11) is 1.93. The first kappa shape index (κ1) is 16.1. The minimum absolute atomic E-state index is 0.0119. The molecule has 124 valence electrons. The molecule has 1 amide bonds. The van der Waals surface area contributed by atoms with Gasteiger partial charge in [-0.1, -0.05) is 0 Å². The Hall–Kier alpha value is -2.81. The zero-order chi connectivity index (χ0) is 17.1. The highest BCUT2D eigenvalue weighted by Crippen LogP contribution is 2.21. The van der Waals surface area contributed by atoms with Gasteiger partial charge in [-0.3, -0.25) is 4.79 Å². The number of carbonyl (C=O) groups excluding carboxylic acids is 1. The molecule has 0 aromatic carbocycles. The smallest absolute Gasteiger partial charge is 0.253 e. The third-order valence-electron chi connectivity index (χ3n) is 4.67. The first-order chi connectivity index (χ1) is 11.6. The van der Waals surface area contributed by atoms with Crippen LogP contribution in [0.2, 0.25) is 0 Å². The number of hydrogen-bond donors (Lipinski definition) is 1. The van der Waals surface area contributed by atoms with E-state index in [1.807, 2.05) is 30.8 Å². The molecule has 24 heavy (non-hydrogen) atoms. The van der Waals surface area contributed by atoms with Gasteiger partial charge in [-0.25, -0.2) is 4.98 Å². The summed E-state index contributed by atoms with van der Waals surface area (Å²) in [5.74, 6) is 0.728. The second-order valence-electron chi connectivity index (χ2n) is 6.15. The second-order valence-corrected chi connectivity index (χ2v) is 6.15. The van der Waals surface area contributed by atoms with Gasteiger partial charge in [0.15, 0.2) is 0 Å². The second kappa shape index (κ2) is 6.75. The van der Waals surface area contributed by atoms with E-state index < -0.39 is 0 Å². The normalized spacial score (nSPS) is 15.1. The third kappa shape index (κ3) is 3.11. The molecule has 0 bridgehead atoms. The highest BCUT2D eigenvalue weighted by molar-refractivity contribution is 5.95. The number of rotatable bonds is 3. The van der Waals surface area contributed by atoms with Crippen molar-refractivity contribution in [2.75, 3.05) is 18.0 Å². The van der Waals surface area contributed by atoms with Crippen LogP contribution >= 0.6 is 0 Å². The average molecular weight is 323 g/mol. The van der Waals surface area contributed by atoms with E-state index in [1.54, 1.807) is 18.3 Å². The van der Waals surface area contributed by atoms with Crippen molar-refractivity contribution in [2.24, 2.45) is 7.05 Å². The summed E-state index contributed by atoms with van der Waals surface area (Å²) in [6, 6.07) is 7.76. The number of aromatic nitrogens is 2. The van der Waals surface area contributed by atoms with E-state index in [9.17, 15) is 10.1 Å². The Morgan fingerprint density at radius 2 is 2.12 bits per heavy atom. The van der Waals surface area contributed by atoms with Crippen LogP contribution in [0, 0.1) is 18.3 Å². The lowest BCUT2D eigenvalue weighted by Gasteiger charge is -2.33. The predicted octanol–water partition coefficient (Wildman–Crippen LogP) is 2.00. The molecule has 2 aromatic heterocycles. The number of nitrogens with one attached hydrogen (secondary N) is 1. The molecular formula is C18H21N5O. The summed E-state index contributed by atoms with van der Waals surface area (Å²) in [5, 5.41) is 12.3. The molecular weight excluding hydrogens is 302 g/mol. The van der Waals surface area contributed by atoms with Crippen molar-refractivity contribution in [2.45, 2.75) is 25.8 Å². The Kier molecular flexibility index (Phi) is 4.52. The Bertz CT molecular complexity index is 781. The Morgan fingerprint density at radius 1 is 1.38 bits per heavy atom. The van der Waals surface area contributed by atoms with Crippen LogP contribution in [0.1, 0.15) is 34.5 Å². The molecule has 0 radical (unpaired) electrons. The maximum absolute atomic E-state index is 12.4. The van der Waals surface area contributed by atoms with Crippen molar-refractivity contribution in [1.29, 1.82) is 5.26 Å². The maximum atomic E-state index is 12.4. The van der Waals surface area contributed by atoms with Gasteiger partial charge >= 0.3 is 0 Å². The highest BCUT2D eigenvalue weighted by atomic mass is 16.1. The molecule has 3 rings (SSSR count). The Balaban J connectivity index is 1.60. The number of pyridine rings is 1. The minimum Gasteiger partial charge on any atom is -0.355 e. The molecule has 0 unspecified atom stereocenters. The van der Waals surface area contributed by atoms with Gasteiger partial charge in [0.05, 0.1) is 11.1 Å². The van der Waals surface area contributed by atoms with Crippen LogP contribution in [0.3, 0.4) is 0 Å². The largest absolute Gasteiger partial charge is 0.355 e. The highest BCUT2D eigenvalue weighted by Gasteiger charge is 2.24. The number of nitriles is 1. The van der Waals surface area contributed by atoms with Gasteiger partial charge in [0.1, 0.15) is 11.9 Å². The van der Waals surface area contributed by atoms with Gasteiger partial charge in [0, 0.05) is 44.3 Å². The molecule has 0 spiro atoms. The van der Waals surface area contributed by atoms with Gasteiger partial charge in [-0.2, -0.15) is 5.26 Å². The lowest BCUT2D eigenvalue weighted by Crippen LogP contribution is -2.45. The summed E-state index contributed by atoms with van der Waals surface area (Å²) < 4.78 is 1.95. The fourth-order valence-electron chi connectivity index (χ4n) is 3.08. The van der Waals surface area contributed by atoms with Gasteiger partial charge in [-0.05, 0) is 38.0 Å². The van der Waals surface area contributed by atoms with Gasteiger partial charge in [0.2, 0.25) is 0 Å². The summed E-state index contributed by atoms with van der Waals surface area (Å²) in [6.45, 7) is 3.51. The molecule has 0 atom stereocenters. The van der Waals surface area contributed by atoms with Crippen molar-refractivity contribution in [1.82, 2.24) is 14.9 Å². The van der Waals surface area contributed by atoms with Gasteiger partial charge < -0.3 is 14.8 Å². The lowest BCUT2D eigenvalue weighted by atomic mass is 10.0. The first-order valence-corrected chi connectivity index (χ1v) is 8.13. The first-order valence-electron chi connectivity index (χ1n) is 8.13. The average Bonchev–Trinajstić information content (AvgIpc) is 2.95. The van der Waals surface area contributed by atoms with Crippen LogP contribution in [-0.2, 0) is 7.05 Å². The van der Waals surface area contributed by atoms with Crippen molar-refractivity contribution < 1.29 is 4.79 Å². The Labute approximate surface area is 141 Å². The number of piperidine rings is 1. The van der Waals surface area contributed by atoms with Crippen LogP contribution in [0.15, 0.2) is 30.6 Å². The number of hydrogen-bond acceptors (Lipinski definition) is 4. The van der Waals surface area contributed by atoms with E-state index in [2.05, 4.69) is 21.3 Å². The maximum Gasteiger partial charge on any atom is 0.253 e. The molecule has 6 nitrogen and oxygen atoms in total. The minimum atomic E-state index is -0.0119. The van der Waals surface area contributed by atoms with Crippen molar-refractivity contribution in [3.63, 3.8) is 0 Å². The van der Waals surface area contributed by atoms with Crippen molar-refractivity contribution >= 4 is 11.7 Å². The van der Waals surface area contributed by atoms with Crippen LogP contribution in [0.5, 0.6) is 0 Å². The molecule has 1 fully saturated rings. The van der Waals surface area contributed by atoms with Crippen molar-refractivity contribution in [3.05, 3.63) is 47.4 Å². The fourth-order valence-corrected chi connectivity index (χ4v) is 3.08. The van der Waals surface area contributed by atoms with Crippen LogP contribution in [-0.4, -0.2) is 34.6 Å². The van der Waals surface area contributed by atoms with Crippen LogP contribution < -0.4 is 10.2 Å². The quantitative estimate of drug-likeness (QED) is 0.937. The molecule has 1 saturated heterocycles. The molecule has 3 heterocycles. The Morgan fingerprint density at radius 3 is 2.75 bits per heavy atom. The van der Waals surface area contributed by atoms with Gasteiger partial charge in [0.25, 0.3) is 5.91 Å². The molecule has 1 N–H and O–H groups in total. The summed E-state index contributed by atoms with van der Waals surface area (Å²) in [5.41, 5.74) is 2.30.